The Morgan fingerprint density at radius 1 is 0.543 bits per heavy atom. The van der Waals surface area contributed by atoms with Crippen molar-refractivity contribution in [2.45, 2.75) is 111 Å². The number of aliphatic carboxylic acids is 2. The molecule has 0 saturated heterocycles. The molecule has 7 heterocycles. The number of carboxylic acid groups (broad SMARTS) is 2. The molecule has 7 aromatic heterocycles. The molecular weight excluding hydrogens is 1280 g/mol. The van der Waals surface area contributed by atoms with Gasteiger partial charge in [-0.2, -0.15) is 0 Å². The maximum Gasteiger partial charge on any atom is 0.337 e. The number of carboxylic acids is 2. The molecule has 10 aromatic rings. The summed E-state index contributed by atoms with van der Waals surface area (Å²) in [4.78, 5) is 84.9. The normalized spacial score (nSPS) is 12.6. The first-order valence-electron chi connectivity index (χ1n) is 29.9. The Labute approximate surface area is 553 Å². The number of carbonyl (C=O) groups excluding carboxylic acids is 3. The van der Waals surface area contributed by atoms with Crippen LogP contribution in [0.1, 0.15) is 164 Å². The molecule has 3 fully saturated rings. The van der Waals surface area contributed by atoms with E-state index in [-0.39, 0.29) is 38.3 Å². The summed E-state index contributed by atoms with van der Waals surface area (Å²) in [5.74, 6) is 0.453. The number of hydrogen-bond acceptors (Lipinski definition) is 15. The average molecular weight is 1350 g/mol. The van der Waals surface area contributed by atoms with Crippen LogP contribution in [0.2, 0.25) is 5.02 Å². The predicted molar refractivity (Wildman–Crippen MR) is 352 cm³/mol. The molecule has 0 aliphatic heterocycles. The van der Waals surface area contributed by atoms with Crippen molar-refractivity contribution in [3.63, 3.8) is 0 Å². The Bertz CT molecular complexity index is 4210. The molecule has 478 valence electrons. The second-order valence-electron chi connectivity index (χ2n) is 22.8. The number of fused-ring (bicyclic) bond motifs is 3. The van der Waals surface area contributed by atoms with Gasteiger partial charge in [0.2, 0.25) is 0 Å². The molecule has 13 rings (SSSR count). The van der Waals surface area contributed by atoms with E-state index in [2.05, 4.69) is 89.6 Å². The van der Waals surface area contributed by atoms with Gasteiger partial charge in [-0.1, -0.05) is 49.6 Å². The number of aromatic nitrogens is 7. The number of esters is 2. The van der Waals surface area contributed by atoms with Gasteiger partial charge in [0.1, 0.15) is 5.82 Å². The number of pyridine rings is 7. The maximum absolute atomic E-state index is 12.8. The Morgan fingerprint density at radius 3 is 1.30 bits per heavy atom. The summed E-state index contributed by atoms with van der Waals surface area (Å²) in [5.41, 5.74) is 21.7. The second-order valence-corrected chi connectivity index (χ2v) is 23.2. The van der Waals surface area contributed by atoms with Crippen molar-refractivity contribution < 1.29 is 64.1 Å². The van der Waals surface area contributed by atoms with E-state index in [0.29, 0.717) is 65.2 Å². The first-order chi connectivity index (χ1) is 43.7. The first-order valence-corrected chi connectivity index (χ1v) is 30.3. The molecule has 20 heteroatoms. The monoisotopic (exact) mass is 1350 g/mol. The van der Waals surface area contributed by atoms with Crippen LogP contribution in [0.3, 0.4) is 0 Å². The van der Waals surface area contributed by atoms with Crippen molar-refractivity contribution in [1.82, 2.24) is 40.2 Å². The topological polar surface area (TPSA) is 273 Å². The summed E-state index contributed by atoms with van der Waals surface area (Å²) >= 11 is 5.98. The standard InChI is InChI=1S/C27H27N5O.C20H18N2O2.C17H13ClN2O2.C4H8.2C2H4O2.Pd/c1-16-9-26(28)32-17(2)24(16)15-31-27(33)20-7-8-29-23(13-20)11-18-3-6-25-21(10-18)12-22(14-30-25)19-4-5-19;1-24-20(23)15-6-7-21-18(11-15)9-13-2-5-19-16(8-13)10-17(12-22-19)14-3-4-14;1-22-17(21)12-4-5-19-15(9-12)7-11-2-3-16-13(6-11)8-14(18)10-20-16;1-4-2-3-4;2*1-2(3)4;/h3,6-10,12-14,19H,4-5,11,15H2,1-2H3,(H2,28,32)(H,31,33);2,5-8,10-12,14H,3-4,9H2,1H3;2-6,8-10H,7H2,1H3;4H,2-3H2,1H3;2*1H3,(H,3,4);. The number of nitrogens with one attached hydrogen (secondary N) is 1. The number of nitrogens with two attached hydrogens (primary N) is 1. The number of benzene rings is 3. The van der Waals surface area contributed by atoms with Crippen LogP contribution in [0, 0.1) is 19.8 Å². The van der Waals surface area contributed by atoms with Crippen molar-refractivity contribution in [1.29, 1.82) is 0 Å². The number of nitrogens with zero attached hydrogens (tertiary/aromatic N) is 7. The van der Waals surface area contributed by atoms with E-state index in [1.807, 2.05) is 68.7 Å². The quantitative estimate of drug-likeness (QED) is 0.0617. The van der Waals surface area contributed by atoms with Crippen LogP contribution < -0.4 is 11.1 Å². The van der Waals surface area contributed by atoms with Gasteiger partial charge in [0, 0.05) is 142 Å². The number of hydrogen-bond donors (Lipinski definition) is 4. The van der Waals surface area contributed by atoms with E-state index >= 15 is 0 Å². The summed E-state index contributed by atoms with van der Waals surface area (Å²) < 4.78 is 9.49. The van der Waals surface area contributed by atoms with Crippen LogP contribution in [0.25, 0.3) is 32.7 Å². The van der Waals surface area contributed by atoms with E-state index in [1.54, 1.807) is 55.1 Å². The van der Waals surface area contributed by atoms with Crippen molar-refractivity contribution >= 4 is 79.9 Å². The third kappa shape index (κ3) is 21.9. The number of amides is 1. The van der Waals surface area contributed by atoms with Crippen LogP contribution in [0.4, 0.5) is 5.82 Å². The van der Waals surface area contributed by atoms with Gasteiger partial charge in [0.05, 0.1) is 46.9 Å². The largest absolute Gasteiger partial charge is 0.481 e. The van der Waals surface area contributed by atoms with Gasteiger partial charge in [-0.25, -0.2) is 14.6 Å². The molecule has 3 saturated carbocycles. The van der Waals surface area contributed by atoms with Gasteiger partial charge in [-0.05, 0) is 193 Å². The maximum atomic E-state index is 12.8. The molecular formula is C72H74ClN9O9Pd. The van der Waals surface area contributed by atoms with Gasteiger partial charge in [-0.15, -0.1) is 0 Å². The molecule has 0 unspecified atom stereocenters. The average Bonchev–Trinajstić information content (AvgIpc) is 1.82. The van der Waals surface area contributed by atoms with Gasteiger partial charge >= 0.3 is 11.9 Å². The SMILES string of the molecule is CC(=O)O.CC(=O)O.CC1CC1.COC(=O)c1ccnc(Cc2ccc3ncc(C4CC4)cc3c2)c1.COC(=O)c1ccnc(Cc2ccc3ncc(Cl)cc3c2)c1.Cc1cc(N)nc(C)c1CNC(=O)c1ccnc(Cc2ccc3ncc(C4CC4)cc3c2)c1.[Pd]. The van der Waals surface area contributed by atoms with Crippen LogP contribution in [0.15, 0.2) is 152 Å². The molecule has 0 bridgehead atoms. The number of nitrogen functional groups attached to an aromatic ring is 1. The summed E-state index contributed by atoms with van der Waals surface area (Å²) in [6.07, 6.45) is 20.6. The number of carbonyl (C=O) groups is 5. The van der Waals surface area contributed by atoms with Gasteiger partial charge in [-0.3, -0.25) is 44.3 Å². The number of methoxy groups -OCH3 is 2. The summed E-state index contributed by atoms with van der Waals surface area (Å²) in [5, 5.41) is 21.7. The second kappa shape index (κ2) is 33.6. The van der Waals surface area contributed by atoms with Crippen molar-refractivity contribution in [3.8, 4) is 0 Å². The molecule has 92 heavy (non-hydrogen) atoms. The molecule has 3 aliphatic carbocycles. The first kappa shape index (κ1) is 70.1. The summed E-state index contributed by atoms with van der Waals surface area (Å²) in [6, 6.07) is 37.2. The molecule has 3 aliphatic rings. The van der Waals surface area contributed by atoms with E-state index in [9.17, 15) is 14.4 Å². The molecule has 3 aromatic carbocycles. The van der Waals surface area contributed by atoms with Gasteiger partial charge < -0.3 is 30.7 Å². The number of aryl methyl sites for hydroxylation is 2. The fourth-order valence-electron chi connectivity index (χ4n) is 9.74. The minimum absolute atomic E-state index is 0. The smallest absolute Gasteiger partial charge is 0.337 e. The van der Waals surface area contributed by atoms with Crippen LogP contribution in [0.5, 0.6) is 0 Å². The summed E-state index contributed by atoms with van der Waals surface area (Å²) in [6.45, 7) is 8.73. The Morgan fingerprint density at radius 2 is 0.924 bits per heavy atom. The molecule has 1 amide bonds. The zero-order chi connectivity index (χ0) is 65.1. The number of rotatable bonds is 13. The van der Waals surface area contributed by atoms with E-state index < -0.39 is 11.9 Å². The molecule has 0 spiro atoms. The molecule has 0 atom stereocenters. The van der Waals surface area contributed by atoms with Gasteiger partial charge in [0.25, 0.3) is 17.8 Å². The fraction of sp³-hybridized carbons (Fsp3) is 0.278. The van der Waals surface area contributed by atoms with Crippen molar-refractivity contribution in [2.75, 3.05) is 20.0 Å². The number of anilines is 1. The fourth-order valence-corrected chi connectivity index (χ4v) is 9.90. The Kier molecular flexibility index (Phi) is 25.6. The number of ether oxygens (including phenoxy) is 2. The zero-order valence-electron chi connectivity index (χ0n) is 52.4. The van der Waals surface area contributed by atoms with Crippen LogP contribution in [-0.4, -0.2) is 89.1 Å². The van der Waals surface area contributed by atoms with Gasteiger partial charge in [0.15, 0.2) is 0 Å². The predicted octanol–water partition coefficient (Wildman–Crippen LogP) is 13.8. The van der Waals surface area contributed by atoms with E-state index in [1.165, 1.54) is 69.3 Å². The molecule has 18 nitrogen and oxygen atoms in total. The van der Waals surface area contributed by atoms with E-state index in [0.717, 1.165) is 97.7 Å². The Hall–Kier alpha value is -9.41. The third-order valence-corrected chi connectivity index (χ3v) is 15.1. The summed E-state index contributed by atoms with van der Waals surface area (Å²) in [7, 11) is 2.75. The van der Waals surface area contributed by atoms with Crippen LogP contribution >= 0.6 is 11.6 Å². The zero-order valence-corrected chi connectivity index (χ0v) is 54.7. The minimum Gasteiger partial charge on any atom is -0.481 e. The molecule has 5 N–H and O–H groups in total. The Balaban J connectivity index is 0.000000181. The van der Waals surface area contributed by atoms with Crippen molar-refractivity contribution in [2.24, 2.45) is 5.92 Å². The molecule has 0 radical (unpaired) electrons. The van der Waals surface area contributed by atoms with Crippen LogP contribution in [-0.2, 0) is 65.3 Å². The third-order valence-electron chi connectivity index (χ3n) is 14.9. The number of halogens is 1. The minimum atomic E-state index is -0.833. The van der Waals surface area contributed by atoms with E-state index in [4.69, 9.17) is 46.6 Å². The van der Waals surface area contributed by atoms with Crippen molar-refractivity contribution in [3.05, 3.63) is 236 Å².